The lowest BCUT2D eigenvalue weighted by molar-refractivity contribution is -0.141. The Balaban J connectivity index is 1.64. The molecule has 0 atom stereocenters. The normalized spacial score (nSPS) is 14.7. The van der Waals surface area contributed by atoms with Crippen LogP contribution in [0.5, 0.6) is 0 Å². The van der Waals surface area contributed by atoms with Crippen LogP contribution in [-0.2, 0) is 12.7 Å². The maximum absolute atomic E-state index is 12.8. The molecular weight excluding hydrogens is 309 g/mol. The smallest absolute Gasteiger partial charge is 0.349 e. The number of nitrogens with one attached hydrogen (secondary N) is 1. The molecule has 0 aliphatic heterocycles. The summed E-state index contributed by atoms with van der Waals surface area (Å²) in [6, 6.07) is 6.07. The fourth-order valence-electron chi connectivity index (χ4n) is 2.32. The van der Waals surface area contributed by atoms with Gasteiger partial charge in [-0.3, -0.25) is 14.5 Å². The molecule has 1 aliphatic rings. The van der Waals surface area contributed by atoms with Gasteiger partial charge in [0.2, 0.25) is 0 Å². The van der Waals surface area contributed by atoms with Gasteiger partial charge in [-0.1, -0.05) is 6.07 Å². The molecule has 2 aromatic heterocycles. The summed E-state index contributed by atoms with van der Waals surface area (Å²) in [5.41, 5.74) is -0.0220. The number of aromatic nitrogens is 3. The molecule has 0 unspecified atom stereocenters. The first-order valence-corrected chi connectivity index (χ1v) is 7.29. The number of alkyl halides is 3. The van der Waals surface area contributed by atoms with E-state index in [0.29, 0.717) is 5.69 Å². The molecule has 1 N–H and O–H groups in total. The molecule has 23 heavy (non-hydrogen) atoms. The summed E-state index contributed by atoms with van der Waals surface area (Å²) in [5.74, 6) is -0.216. The van der Waals surface area contributed by atoms with E-state index in [0.717, 1.165) is 18.9 Å². The van der Waals surface area contributed by atoms with Gasteiger partial charge in [0.05, 0.1) is 6.54 Å². The molecule has 0 saturated heterocycles. The Morgan fingerprint density at radius 1 is 1.35 bits per heavy atom. The fraction of sp³-hybridized carbons (Fsp3) is 0.400. The van der Waals surface area contributed by atoms with E-state index in [4.69, 9.17) is 0 Å². The Morgan fingerprint density at radius 2 is 2.13 bits per heavy atom. The average molecular weight is 324 g/mol. The molecule has 0 radical (unpaired) electrons. The third-order valence-corrected chi connectivity index (χ3v) is 3.60. The van der Waals surface area contributed by atoms with E-state index in [-0.39, 0.29) is 30.6 Å². The van der Waals surface area contributed by atoms with Crippen molar-refractivity contribution in [3.63, 3.8) is 0 Å². The topological polar surface area (TPSA) is 59.8 Å². The number of hydrogen-bond acceptors (Lipinski definition) is 3. The van der Waals surface area contributed by atoms with Gasteiger partial charge in [0, 0.05) is 24.4 Å². The molecule has 0 aromatic carbocycles. The maximum atomic E-state index is 12.8. The van der Waals surface area contributed by atoms with E-state index in [1.807, 2.05) is 0 Å². The van der Waals surface area contributed by atoms with Crippen molar-refractivity contribution in [3.8, 4) is 0 Å². The number of rotatable bonds is 5. The largest absolute Gasteiger partial charge is 0.435 e. The molecule has 5 nitrogen and oxygen atoms in total. The van der Waals surface area contributed by atoms with Gasteiger partial charge in [-0.05, 0) is 31.0 Å². The van der Waals surface area contributed by atoms with Gasteiger partial charge in [-0.15, -0.1) is 0 Å². The zero-order valence-corrected chi connectivity index (χ0v) is 12.2. The molecule has 122 valence electrons. The van der Waals surface area contributed by atoms with E-state index in [2.05, 4.69) is 15.4 Å². The highest BCUT2D eigenvalue weighted by molar-refractivity contribution is 5.92. The lowest BCUT2D eigenvalue weighted by atomic mass is 10.2. The molecule has 2 heterocycles. The number of pyridine rings is 1. The highest BCUT2D eigenvalue weighted by Gasteiger charge is 2.37. The minimum Gasteiger partial charge on any atom is -0.349 e. The highest BCUT2D eigenvalue weighted by Crippen LogP contribution is 2.42. The van der Waals surface area contributed by atoms with Crippen molar-refractivity contribution in [3.05, 3.63) is 47.5 Å². The Kier molecular flexibility index (Phi) is 4.06. The van der Waals surface area contributed by atoms with Crippen molar-refractivity contribution in [2.45, 2.75) is 31.5 Å². The Morgan fingerprint density at radius 3 is 2.74 bits per heavy atom. The fourth-order valence-corrected chi connectivity index (χ4v) is 2.32. The second kappa shape index (κ2) is 6.02. The van der Waals surface area contributed by atoms with Gasteiger partial charge < -0.3 is 5.32 Å². The SMILES string of the molecule is O=C(NCCn1nc(C(F)(F)F)cc1C1CC1)c1ccccn1. The van der Waals surface area contributed by atoms with E-state index in [1.165, 1.54) is 10.9 Å². The summed E-state index contributed by atoms with van der Waals surface area (Å²) in [4.78, 5) is 15.8. The molecule has 0 bridgehead atoms. The molecule has 2 aromatic rings. The quantitative estimate of drug-likeness (QED) is 0.920. The van der Waals surface area contributed by atoms with Crippen molar-refractivity contribution in [2.75, 3.05) is 6.54 Å². The first-order valence-electron chi connectivity index (χ1n) is 7.29. The van der Waals surface area contributed by atoms with Crippen molar-refractivity contribution < 1.29 is 18.0 Å². The van der Waals surface area contributed by atoms with E-state index >= 15 is 0 Å². The highest BCUT2D eigenvalue weighted by atomic mass is 19.4. The summed E-state index contributed by atoms with van der Waals surface area (Å²) >= 11 is 0. The number of carbonyl (C=O) groups is 1. The van der Waals surface area contributed by atoms with Crippen LogP contribution in [0.3, 0.4) is 0 Å². The summed E-state index contributed by atoms with van der Waals surface area (Å²) in [7, 11) is 0. The number of carbonyl (C=O) groups excluding carboxylic acids is 1. The standard InChI is InChI=1S/C15H15F3N4O/c16-15(17,18)13-9-12(10-4-5-10)22(21-13)8-7-20-14(23)11-3-1-2-6-19-11/h1-3,6,9-10H,4-5,7-8H2,(H,20,23). The predicted molar refractivity (Wildman–Crippen MR) is 75.8 cm³/mol. The summed E-state index contributed by atoms with van der Waals surface area (Å²) < 4.78 is 39.7. The molecular formula is C15H15F3N4O. The molecule has 0 spiro atoms. The Labute approximate surface area is 130 Å². The first kappa shape index (κ1) is 15.5. The maximum Gasteiger partial charge on any atom is 0.435 e. The van der Waals surface area contributed by atoms with Crippen LogP contribution in [0, 0.1) is 0 Å². The van der Waals surface area contributed by atoms with Crippen LogP contribution < -0.4 is 5.32 Å². The third kappa shape index (κ3) is 3.69. The lowest BCUT2D eigenvalue weighted by Gasteiger charge is -2.08. The van der Waals surface area contributed by atoms with Crippen LogP contribution >= 0.6 is 0 Å². The van der Waals surface area contributed by atoms with E-state index in [1.54, 1.807) is 18.2 Å². The second-order valence-corrected chi connectivity index (χ2v) is 5.42. The summed E-state index contributed by atoms with van der Waals surface area (Å²) in [6.07, 6.45) is -1.19. The molecule has 3 rings (SSSR count). The number of nitrogens with zero attached hydrogens (tertiary/aromatic N) is 3. The second-order valence-electron chi connectivity index (χ2n) is 5.42. The Hall–Kier alpha value is -2.38. The lowest BCUT2D eigenvalue weighted by Crippen LogP contribution is -2.28. The van der Waals surface area contributed by atoms with Gasteiger partial charge >= 0.3 is 6.18 Å². The van der Waals surface area contributed by atoms with Gasteiger partial charge in [-0.2, -0.15) is 18.3 Å². The predicted octanol–water partition coefficient (Wildman–Crippen LogP) is 2.60. The molecule has 1 saturated carbocycles. The van der Waals surface area contributed by atoms with Crippen LogP contribution in [0.1, 0.15) is 40.6 Å². The van der Waals surface area contributed by atoms with Crippen molar-refractivity contribution in [2.24, 2.45) is 0 Å². The van der Waals surface area contributed by atoms with E-state index in [9.17, 15) is 18.0 Å². The molecule has 1 amide bonds. The number of amides is 1. The van der Waals surface area contributed by atoms with Crippen LogP contribution in [0.4, 0.5) is 13.2 Å². The van der Waals surface area contributed by atoms with Crippen LogP contribution in [0.25, 0.3) is 0 Å². The third-order valence-electron chi connectivity index (χ3n) is 3.60. The van der Waals surface area contributed by atoms with Crippen LogP contribution in [-0.4, -0.2) is 27.2 Å². The van der Waals surface area contributed by atoms with Gasteiger partial charge in [0.15, 0.2) is 5.69 Å². The molecule has 8 heteroatoms. The summed E-state index contributed by atoms with van der Waals surface area (Å²) in [5, 5.41) is 6.28. The van der Waals surface area contributed by atoms with Gasteiger partial charge in [-0.25, -0.2) is 0 Å². The monoisotopic (exact) mass is 324 g/mol. The van der Waals surface area contributed by atoms with Gasteiger partial charge in [0.1, 0.15) is 5.69 Å². The number of halogens is 3. The minimum atomic E-state index is -4.45. The van der Waals surface area contributed by atoms with Crippen molar-refractivity contribution in [1.82, 2.24) is 20.1 Å². The average Bonchev–Trinajstić information content (AvgIpc) is 3.27. The molecule has 1 fully saturated rings. The zero-order valence-electron chi connectivity index (χ0n) is 12.2. The first-order chi connectivity index (χ1) is 10.9. The van der Waals surface area contributed by atoms with Crippen LogP contribution in [0.2, 0.25) is 0 Å². The Bertz CT molecular complexity index is 692. The zero-order chi connectivity index (χ0) is 16.4. The van der Waals surface area contributed by atoms with E-state index < -0.39 is 11.9 Å². The van der Waals surface area contributed by atoms with Crippen molar-refractivity contribution >= 4 is 5.91 Å². The number of hydrogen-bond donors (Lipinski definition) is 1. The van der Waals surface area contributed by atoms with Crippen LogP contribution in [0.15, 0.2) is 30.5 Å². The van der Waals surface area contributed by atoms with Gasteiger partial charge in [0.25, 0.3) is 5.91 Å². The van der Waals surface area contributed by atoms with Crippen molar-refractivity contribution in [1.29, 1.82) is 0 Å². The minimum absolute atomic E-state index is 0.144. The molecule has 1 aliphatic carbocycles. The summed E-state index contributed by atoms with van der Waals surface area (Å²) in [6.45, 7) is 0.384.